The van der Waals surface area contributed by atoms with Gasteiger partial charge in [-0.2, -0.15) is 0 Å². The Hall–Kier alpha value is -3.09. The number of rotatable bonds is 8. The topological polar surface area (TPSA) is 64.9 Å². The largest absolute Gasteiger partial charge is 0.384 e. The number of nitrogens with one attached hydrogen (secondary N) is 1. The molecule has 0 radical (unpaired) electrons. The van der Waals surface area contributed by atoms with Crippen LogP contribution in [0.1, 0.15) is 35.3 Å². The summed E-state index contributed by atoms with van der Waals surface area (Å²) in [5.41, 5.74) is 4.49. The van der Waals surface area contributed by atoms with Crippen LogP contribution in [-0.2, 0) is 13.0 Å². The Morgan fingerprint density at radius 3 is 2.33 bits per heavy atom. The van der Waals surface area contributed by atoms with Gasteiger partial charge in [-0.25, -0.2) is 4.99 Å². The zero-order chi connectivity index (χ0) is 23.2. The number of carbonyl (C=O) groups is 1. The van der Waals surface area contributed by atoms with Crippen molar-refractivity contribution in [2.45, 2.75) is 38.3 Å². The van der Waals surface area contributed by atoms with E-state index >= 15 is 0 Å². The summed E-state index contributed by atoms with van der Waals surface area (Å²) in [6.07, 6.45) is 0.0672. The van der Waals surface area contributed by atoms with E-state index in [2.05, 4.69) is 29.6 Å². The standard InChI is InChI=1S/C27H29N3O2S/c1-3-28-23-15-14-22(19(2)31)17-24(23)29-27-30(18-21-12-8-5-9-13-21)26(32)25(33-27)16-20-10-6-4-7-11-20/h4-15,17,25-26,28,32H,3,16,18H2,1-2H3. The third-order valence-electron chi connectivity index (χ3n) is 5.62. The second-order valence-corrected chi connectivity index (χ2v) is 9.29. The van der Waals surface area contributed by atoms with Gasteiger partial charge in [-0.05, 0) is 49.6 Å². The number of amidine groups is 1. The van der Waals surface area contributed by atoms with Crippen LogP contribution in [0.2, 0.25) is 0 Å². The van der Waals surface area contributed by atoms with Crippen molar-refractivity contribution in [1.82, 2.24) is 4.90 Å². The van der Waals surface area contributed by atoms with Crippen molar-refractivity contribution in [1.29, 1.82) is 0 Å². The highest BCUT2D eigenvalue weighted by Crippen LogP contribution is 2.37. The maximum Gasteiger partial charge on any atom is 0.167 e. The van der Waals surface area contributed by atoms with Crippen molar-refractivity contribution in [3.63, 3.8) is 0 Å². The Morgan fingerprint density at radius 2 is 1.70 bits per heavy atom. The van der Waals surface area contributed by atoms with E-state index in [1.165, 1.54) is 5.56 Å². The van der Waals surface area contributed by atoms with Crippen LogP contribution in [0.25, 0.3) is 0 Å². The first-order valence-corrected chi connectivity index (χ1v) is 12.1. The molecule has 3 aromatic rings. The van der Waals surface area contributed by atoms with Crippen LogP contribution in [0.4, 0.5) is 11.4 Å². The van der Waals surface area contributed by atoms with E-state index in [-0.39, 0.29) is 11.0 Å². The summed E-state index contributed by atoms with van der Waals surface area (Å²) in [6, 6.07) is 25.9. The van der Waals surface area contributed by atoms with E-state index in [9.17, 15) is 9.90 Å². The number of aliphatic imine (C=N–C) groups is 1. The first kappa shape index (κ1) is 23.1. The minimum Gasteiger partial charge on any atom is -0.384 e. The highest BCUT2D eigenvalue weighted by molar-refractivity contribution is 8.14. The van der Waals surface area contributed by atoms with Gasteiger partial charge in [0.05, 0.1) is 16.6 Å². The van der Waals surface area contributed by atoms with E-state index in [0.29, 0.717) is 17.8 Å². The number of Topliss-reactive ketones (excluding diaryl/α,β-unsaturated/α-hetero) is 1. The average Bonchev–Trinajstić information content (AvgIpc) is 3.10. The summed E-state index contributed by atoms with van der Waals surface area (Å²) in [5, 5.41) is 15.3. The molecule has 0 aromatic heterocycles. The lowest BCUT2D eigenvalue weighted by atomic mass is 10.1. The molecule has 2 atom stereocenters. The summed E-state index contributed by atoms with van der Waals surface area (Å²) in [5.74, 6) is 0.00158. The molecule has 33 heavy (non-hydrogen) atoms. The second-order valence-electron chi connectivity index (χ2n) is 8.09. The monoisotopic (exact) mass is 459 g/mol. The molecule has 4 rings (SSSR count). The van der Waals surface area contributed by atoms with Crippen molar-refractivity contribution in [2.24, 2.45) is 4.99 Å². The van der Waals surface area contributed by atoms with Crippen molar-refractivity contribution in [3.8, 4) is 0 Å². The fourth-order valence-corrected chi connectivity index (χ4v) is 5.16. The maximum atomic E-state index is 12.0. The third kappa shape index (κ3) is 5.64. The zero-order valence-corrected chi connectivity index (χ0v) is 19.8. The third-order valence-corrected chi connectivity index (χ3v) is 6.87. The van der Waals surface area contributed by atoms with Crippen LogP contribution >= 0.6 is 11.8 Å². The number of benzene rings is 3. The molecular weight excluding hydrogens is 430 g/mol. The van der Waals surface area contributed by atoms with Gasteiger partial charge in [0.15, 0.2) is 11.0 Å². The van der Waals surface area contributed by atoms with Gasteiger partial charge in [-0.1, -0.05) is 72.4 Å². The van der Waals surface area contributed by atoms with Gasteiger partial charge in [0.25, 0.3) is 0 Å². The van der Waals surface area contributed by atoms with E-state index < -0.39 is 6.23 Å². The fourth-order valence-electron chi connectivity index (χ4n) is 3.89. The van der Waals surface area contributed by atoms with Gasteiger partial charge in [-0.15, -0.1) is 0 Å². The predicted molar refractivity (Wildman–Crippen MR) is 137 cm³/mol. The molecule has 1 fully saturated rings. The lowest BCUT2D eigenvalue weighted by Crippen LogP contribution is -2.37. The summed E-state index contributed by atoms with van der Waals surface area (Å²) in [7, 11) is 0. The summed E-state index contributed by atoms with van der Waals surface area (Å²) in [6.45, 7) is 4.89. The SMILES string of the molecule is CCNc1ccc(C(C)=O)cc1N=C1SC(Cc2ccccc2)C(O)N1Cc1ccccc1. The summed E-state index contributed by atoms with van der Waals surface area (Å²) in [4.78, 5) is 18.9. The molecule has 1 aliphatic heterocycles. The van der Waals surface area contributed by atoms with Crippen LogP contribution in [0, 0.1) is 0 Å². The molecular formula is C27H29N3O2S. The molecule has 1 saturated heterocycles. The normalized spacial score (nSPS) is 19.1. The molecule has 0 saturated carbocycles. The molecule has 1 heterocycles. The number of hydrogen-bond donors (Lipinski definition) is 2. The molecule has 170 valence electrons. The summed E-state index contributed by atoms with van der Waals surface area (Å²) < 4.78 is 0. The van der Waals surface area contributed by atoms with Crippen LogP contribution in [0.5, 0.6) is 0 Å². The number of nitrogens with zero attached hydrogens (tertiary/aromatic N) is 2. The van der Waals surface area contributed by atoms with Crippen molar-refractivity contribution in [2.75, 3.05) is 11.9 Å². The minimum absolute atomic E-state index is 0.00158. The van der Waals surface area contributed by atoms with Gasteiger partial charge in [-0.3, -0.25) is 4.79 Å². The first-order chi connectivity index (χ1) is 16.0. The Labute approximate surface area is 199 Å². The Kier molecular flexibility index (Phi) is 7.47. The Balaban J connectivity index is 1.70. The first-order valence-electron chi connectivity index (χ1n) is 11.2. The number of ketones is 1. The quantitative estimate of drug-likeness (QED) is 0.436. The molecule has 0 aliphatic carbocycles. The van der Waals surface area contributed by atoms with E-state index in [0.717, 1.165) is 29.4 Å². The molecule has 0 bridgehead atoms. The Bertz CT molecular complexity index is 1120. The highest BCUT2D eigenvalue weighted by Gasteiger charge is 2.38. The lowest BCUT2D eigenvalue weighted by molar-refractivity contribution is 0.0555. The molecule has 6 heteroatoms. The minimum atomic E-state index is -0.673. The number of hydrogen-bond acceptors (Lipinski definition) is 5. The number of aliphatic hydroxyl groups is 1. The van der Waals surface area contributed by atoms with Crippen LogP contribution in [0.3, 0.4) is 0 Å². The van der Waals surface area contributed by atoms with Gasteiger partial charge in [0, 0.05) is 18.7 Å². The number of carbonyl (C=O) groups excluding carboxylic acids is 1. The summed E-state index contributed by atoms with van der Waals surface area (Å²) >= 11 is 1.59. The zero-order valence-electron chi connectivity index (χ0n) is 18.9. The number of aliphatic hydroxyl groups excluding tert-OH is 1. The molecule has 5 nitrogen and oxygen atoms in total. The second kappa shape index (κ2) is 10.7. The van der Waals surface area contributed by atoms with Crippen molar-refractivity contribution < 1.29 is 9.90 Å². The van der Waals surface area contributed by atoms with E-state index in [4.69, 9.17) is 4.99 Å². The Morgan fingerprint density at radius 1 is 1.03 bits per heavy atom. The molecule has 0 amide bonds. The molecule has 1 aliphatic rings. The number of anilines is 1. The van der Waals surface area contributed by atoms with Crippen LogP contribution in [-0.4, -0.2) is 39.0 Å². The fraction of sp³-hybridized carbons (Fsp3) is 0.259. The van der Waals surface area contributed by atoms with Crippen molar-refractivity contribution in [3.05, 3.63) is 95.6 Å². The van der Waals surface area contributed by atoms with E-state index in [1.54, 1.807) is 18.7 Å². The maximum absolute atomic E-state index is 12.0. The highest BCUT2D eigenvalue weighted by atomic mass is 32.2. The molecule has 2 unspecified atom stereocenters. The molecule has 3 aromatic carbocycles. The van der Waals surface area contributed by atoms with Gasteiger partial charge in [0.1, 0.15) is 6.23 Å². The van der Waals surface area contributed by atoms with Crippen LogP contribution in [0.15, 0.2) is 83.9 Å². The van der Waals surface area contributed by atoms with E-state index in [1.807, 2.05) is 66.4 Å². The average molecular weight is 460 g/mol. The smallest absolute Gasteiger partial charge is 0.167 e. The van der Waals surface area contributed by atoms with Crippen molar-refractivity contribution >= 4 is 34.1 Å². The van der Waals surface area contributed by atoms with Gasteiger partial charge >= 0.3 is 0 Å². The van der Waals surface area contributed by atoms with Gasteiger partial charge < -0.3 is 15.3 Å². The number of thioether (sulfide) groups is 1. The molecule has 0 spiro atoms. The lowest BCUT2D eigenvalue weighted by Gasteiger charge is -2.24. The van der Waals surface area contributed by atoms with Crippen LogP contribution < -0.4 is 5.32 Å². The van der Waals surface area contributed by atoms with Gasteiger partial charge in [0.2, 0.25) is 0 Å². The predicted octanol–water partition coefficient (Wildman–Crippen LogP) is 5.49. The molecule has 2 N–H and O–H groups in total.